The molecule has 27 heavy (non-hydrogen) atoms. The van der Waals surface area contributed by atoms with E-state index in [1.54, 1.807) is 12.4 Å². The van der Waals surface area contributed by atoms with Crippen molar-refractivity contribution in [3.05, 3.63) is 53.9 Å². The highest BCUT2D eigenvalue weighted by molar-refractivity contribution is 5.73. The molecule has 1 aliphatic rings. The smallest absolute Gasteiger partial charge is 0.315 e. The largest absolute Gasteiger partial charge is 0.338 e. The first-order valence-corrected chi connectivity index (χ1v) is 9.53. The van der Waals surface area contributed by atoms with Crippen LogP contribution in [0.2, 0.25) is 0 Å². The Bertz CT molecular complexity index is 715. The quantitative estimate of drug-likeness (QED) is 0.729. The summed E-state index contributed by atoms with van der Waals surface area (Å²) in [5, 5.41) is 5.86. The van der Waals surface area contributed by atoms with Gasteiger partial charge >= 0.3 is 6.03 Å². The number of benzene rings is 1. The van der Waals surface area contributed by atoms with Gasteiger partial charge in [-0.3, -0.25) is 4.90 Å². The average Bonchev–Trinajstić information content (AvgIpc) is 2.72. The normalized spacial score (nSPS) is 14.8. The van der Waals surface area contributed by atoms with Crippen LogP contribution in [0, 0.1) is 6.92 Å². The molecule has 1 fully saturated rings. The van der Waals surface area contributed by atoms with Crippen molar-refractivity contribution < 1.29 is 4.79 Å². The summed E-state index contributed by atoms with van der Waals surface area (Å²) in [5.41, 5.74) is 2.34. The molecular weight excluding hydrogens is 340 g/mol. The number of amides is 2. The van der Waals surface area contributed by atoms with Gasteiger partial charge in [0.05, 0.1) is 0 Å². The minimum Gasteiger partial charge on any atom is -0.338 e. The molecule has 3 rings (SSSR count). The number of hydrogen-bond donors (Lipinski definition) is 2. The van der Waals surface area contributed by atoms with E-state index in [1.165, 1.54) is 5.56 Å². The SMILES string of the molecule is Cc1ccccc1CNC(=O)NCCCN1CCN(c2ncccn2)CC1. The second kappa shape index (κ2) is 9.87. The van der Waals surface area contributed by atoms with Crippen molar-refractivity contribution in [3.8, 4) is 0 Å². The fourth-order valence-corrected chi connectivity index (χ4v) is 3.18. The number of hydrogen-bond acceptors (Lipinski definition) is 5. The maximum Gasteiger partial charge on any atom is 0.315 e. The molecule has 0 atom stereocenters. The topological polar surface area (TPSA) is 73.4 Å². The predicted octanol–water partition coefficient (Wildman–Crippen LogP) is 1.80. The molecule has 7 nitrogen and oxygen atoms in total. The predicted molar refractivity (Wildman–Crippen MR) is 107 cm³/mol. The van der Waals surface area contributed by atoms with Crippen LogP contribution in [-0.2, 0) is 6.54 Å². The molecule has 1 aromatic carbocycles. The molecule has 0 saturated carbocycles. The van der Waals surface area contributed by atoms with E-state index in [0.717, 1.165) is 50.7 Å². The van der Waals surface area contributed by atoms with Gasteiger partial charge in [-0.15, -0.1) is 0 Å². The van der Waals surface area contributed by atoms with Crippen LogP contribution in [0.5, 0.6) is 0 Å². The average molecular weight is 368 g/mol. The first-order valence-electron chi connectivity index (χ1n) is 9.53. The number of rotatable bonds is 7. The minimum atomic E-state index is -0.107. The zero-order chi connectivity index (χ0) is 18.9. The molecule has 1 aromatic heterocycles. The van der Waals surface area contributed by atoms with E-state index in [1.807, 2.05) is 24.3 Å². The van der Waals surface area contributed by atoms with Gasteiger partial charge < -0.3 is 15.5 Å². The van der Waals surface area contributed by atoms with E-state index < -0.39 is 0 Å². The summed E-state index contributed by atoms with van der Waals surface area (Å²) in [5.74, 6) is 0.809. The Morgan fingerprint density at radius 1 is 1.04 bits per heavy atom. The third-order valence-electron chi connectivity index (χ3n) is 4.84. The lowest BCUT2D eigenvalue weighted by molar-refractivity contribution is 0.235. The highest BCUT2D eigenvalue weighted by atomic mass is 16.2. The zero-order valence-corrected chi connectivity index (χ0v) is 15.9. The molecule has 2 heterocycles. The first kappa shape index (κ1) is 19.1. The fourth-order valence-electron chi connectivity index (χ4n) is 3.18. The molecule has 2 N–H and O–H groups in total. The molecule has 1 aliphatic heterocycles. The summed E-state index contributed by atoms with van der Waals surface area (Å²) in [6.07, 6.45) is 4.51. The van der Waals surface area contributed by atoms with Gasteiger partial charge in [0.2, 0.25) is 5.95 Å². The minimum absolute atomic E-state index is 0.107. The second-order valence-electron chi connectivity index (χ2n) is 6.77. The number of anilines is 1. The highest BCUT2D eigenvalue weighted by Gasteiger charge is 2.18. The lowest BCUT2D eigenvalue weighted by Crippen LogP contribution is -2.47. The van der Waals surface area contributed by atoms with Crippen LogP contribution in [0.3, 0.4) is 0 Å². The van der Waals surface area contributed by atoms with Crippen LogP contribution in [0.1, 0.15) is 17.5 Å². The number of nitrogens with one attached hydrogen (secondary N) is 2. The number of piperazine rings is 1. The molecule has 1 saturated heterocycles. The lowest BCUT2D eigenvalue weighted by atomic mass is 10.1. The van der Waals surface area contributed by atoms with E-state index in [2.05, 4.69) is 43.4 Å². The Morgan fingerprint density at radius 2 is 1.78 bits per heavy atom. The Kier molecular flexibility index (Phi) is 6.98. The molecular formula is C20H28N6O. The van der Waals surface area contributed by atoms with Crippen LogP contribution in [0.15, 0.2) is 42.7 Å². The van der Waals surface area contributed by atoms with E-state index in [9.17, 15) is 4.79 Å². The molecule has 0 unspecified atom stereocenters. The lowest BCUT2D eigenvalue weighted by Gasteiger charge is -2.34. The van der Waals surface area contributed by atoms with Gasteiger partial charge in [0.1, 0.15) is 0 Å². The van der Waals surface area contributed by atoms with E-state index in [-0.39, 0.29) is 6.03 Å². The molecule has 2 amide bonds. The Labute approximate surface area is 160 Å². The molecule has 0 radical (unpaired) electrons. The van der Waals surface area contributed by atoms with Gasteiger partial charge in [-0.25, -0.2) is 14.8 Å². The number of aromatic nitrogens is 2. The van der Waals surface area contributed by atoms with Crippen molar-refractivity contribution in [2.75, 3.05) is 44.2 Å². The third-order valence-corrected chi connectivity index (χ3v) is 4.84. The monoisotopic (exact) mass is 368 g/mol. The van der Waals surface area contributed by atoms with Crippen molar-refractivity contribution in [1.82, 2.24) is 25.5 Å². The van der Waals surface area contributed by atoms with Crippen molar-refractivity contribution in [3.63, 3.8) is 0 Å². The van der Waals surface area contributed by atoms with Crippen LogP contribution in [0.4, 0.5) is 10.7 Å². The Hall–Kier alpha value is -2.67. The summed E-state index contributed by atoms with van der Waals surface area (Å²) >= 11 is 0. The molecule has 2 aromatic rings. The van der Waals surface area contributed by atoms with Gasteiger partial charge in [-0.05, 0) is 37.1 Å². The maximum absolute atomic E-state index is 11.9. The van der Waals surface area contributed by atoms with Crippen molar-refractivity contribution in [2.45, 2.75) is 19.9 Å². The van der Waals surface area contributed by atoms with Crippen molar-refractivity contribution in [1.29, 1.82) is 0 Å². The second-order valence-corrected chi connectivity index (χ2v) is 6.77. The van der Waals surface area contributed by atoms with Gasteiger partial charge in [0.25, 0.3) is 0 Å². The maximum atomic E-state index is 11.9. The number of carbonyl (C=O) groups is 1. The van der Waals surface area contributed by atoms with E-state index >= 15 is 0 Å². The molecule has 7 heteroatoms. The summed E-state index contributed by atoms with van der Waals surface area (Å²) in [4.78, 5) is 25.2. The zero-order valence-electron chi connectivity index (χ0n) is 15.9. The number of carbonyl (C=O) groups excluding carboxylic acids is 1. The highest BCUT2D eigenvalue weighted by Crippen LogP contribution is 2.09. The molecule has 0 spiro atoms. The number of aryl methyl sites for hydroxylation is 1. The summed E-state index contributed by atoms with van der Waals surface area (Å²) in [6, 6.07) is 9.82. The summed E-state index contributed by atoms with van der Waals surface area (Å²) < 4.78 is 0. The van der Waals surface area contributed by atoms with Gasteiger partial charge in [0, 0.05) is 51.7 Å². The van der Waals surface area contributed by atoms with E-state index in [4.69, 9.17) is 0 Å². The number of nitrogens with zero attached hydrogens (tertiary/aromatic N) is 4. The van der Waals surface area contributed by atoms with Gasteiger partial charge in [-0.2, -0.15) is 0 Å². The van der Waals surface area contributed by atoms with Crippen LogP contribution in [0.25, 0.3) is 0 Å². The molecule has 0 bridgehead atoms. The third kappa shape index (κ3) is 5.92. The standard InChI is InChI=1S/C20H28N6O/c1-17-6-2-3-7-18(17)16-24-20(27)23-10-5-11-25-12-14-26(15-13-25)19-21-8-4-9-22-19/h2-4,6-9H,5,10-16H2,1H3,(H2,23,24,27). The van der Waals surface area contributed by atoms with Crippen molar-refractivity contribution >= 4 is 12.0 Å². The van der Waals surface area contributed by atoms with Crippen LogP contribution >= 0.6 is 0 Å². The summed E-state index contributed by atoms with van der Waals surface area (Å²) in [6.45, 7) is 8.15. The first-order chi connectivity index (χ1) is 13.2. The van der Waals surface area contributed by atoms with Gasteiger partial charge in [-0.1, -0.05) is 24.3 Å². The van der Waals surface area contributed by atoms with Crippen molar-refractivity contribution in [2.24, 2.45) is 0 Å². The van der Waals surface area contributed by atoms with E-state index in [0.29, 0.717) is 13.1 Å². The summed E-state index contributed by atoms with van der Waals surface area (Å²) in [7, 11) is 0. The number of urea groups is 1. The Balaban J connectivity index is 1.27. The molecule has 144 valence electrons. The van der Waals surface area contributed by atoms with Crippen LogP contribution < -0.4 is 15.5 Å². The van der Waals surface area contributed by atoms with Crippen LogP contribution in [-0.4, -0.2) is 60.2 Å². The Morgan fingerprint density at radius 3 is 2.52 bits per heavy atom. The van der Waals surface area contributed by atoms with Gasteiger partial charge in [0.15, 0.2) is 0 Å². The molecule has 0 aliphatic carbocycles. The fraction of sp³-hybridized carbons (Fsp3) is 0.450.